The highest BCUT2D eigenvalue weighted by Crippen LogP contribution is 2.39. The molecule has 2 N–H and O–H groups in total. The molecule has 0 radical (unpaired) electrons. The van der Waals surface area contributed by atoms with Gasteiger partial charge in [-0.05, 0) is 17.7 Å². The van der Waals surface area contributed by atoms with Crippen LogP contribution in [0.15, 0.2) is 34.8 Å². The van der Waals surface area contributed by atoms with Crippen LogP contribution in [0.5, 0.6) is 0 Å². The van der Waals surface area contributed by atoms with Crippen molar-refractivity contribution >= 4 is 27.7 Å². The third-order valence-corrected chi connectivity index (χ3v) is 3.38. The van der Waals surface area contributed by atoms with Gasteiger partial charge in [0.25, 0.3) is 5.72 Å². The molecule has 0 fully saturated rings. The quantitative estimate of drug-likeness (QED) is 0.801. The molecular formula is C12H10BrF3N2O3. The fourth-order valence-corrected chi connectivity index (χ4v) is 2.03. The van der Waals surface area contributed by atoms with Crippen molar-refractivity contribution in [3.8, 4) is 0 Å². The van der Waals surface area contributed by atoms with E-state index >= 15 is 0 Å². The lowest BCUT2D eigenvalue weighted by Crippen LogP contribution is -2.60. The first-order valence-electron chi connectivity index (χ1n) is 5.62. The summed E-state index contributed by atoms with van der Waals surface area (Å²) in [5.74, 6) is 0. The minimum atomic E-state index is -5.09. The third kappa shape index (κ3) is 2.70. The Morgan fingerprint density at radius 3 is 2.43 bits per heavy atom. The Bertz CT molecular complexity index is 588. The predicted octanol–water partition coefficient (Wildman–Crippen LogP) is 2.63. The number of benzene rings is 1. The van der Waals surface area contributed by atoms with Gasteiger partial charge in [-0.2, -0.15) is 18.2 Å². The lowest BCUT2D eigenvalue weighted by molar-refractivity contribution is -0.285. The highest BCUT2D eigenvalue weighted by molar-refractivity contribution is 9.10. The summed E-state index contributed by atoms with van der Waals surface area (Å²) in [5.41, 5.74) is -0.969. The molecule has 1 amide bonds. The summed E-state index contributed by atoms with van der Waals surface area (Å²) in [6.07, 6.45) is -5.93. The summed E-state index contributed by atoms with van der Waals surface area (Å²) in [6, 6.07) is 6.29. The maximum atomic E-state index is 13.1. The van der Waals surface area contributed by atoms with Gasteiger partial charge in [0.15, 0.2) is 0 Å². The van der Waals surface area contributed by atoms with E-state index in [1.54, 1.807) is 12.1 Å². The number of nitrogens with zero attached hydrogens (tertiary/aromatic N) is 1. The molecule has 1 heterocycles. The average Bonchev–Trinajstić information content (AvgIpc) is 2.78. The molecule has 5 nitrogen and oxygen atoms in total. The van der Waals surface area contributed by atoms with Crippen LogP contribution in [0.4, 0.5) is 18.0 Å². The van der Waals surface area contributed by atoms with Crippen molar-refractivity contribution in [1.82, 2.24) is 10.4 Å². The van der Waals surface area contributed by atoms with Crippen molar-refractivity contribution in [2.24, 2.45) is 0 Å². The SMILES string of the molecule is COC(=O)N1NC(c2ccc(Br)cc2)=C[C@]1(O)C(F)(F)F. The number of methoxy groups -OCH3 is 1. The molecule has 0 bridgehead atoms. The summed E-state index contributed by atoms with van der Waals surface area (Å²) in [5, 5.41) is 9.82. The Morgan fingerprint density at radius 2 is 1.95 bits per heavy atom. The zero-order valence-corrected chi connectivity index (χ0v) is 12.2. The molecule has 1 aromatic carbocycles. The predicted molar refractivity (Wildman–Crippen MR) is 70.5 cm³/mol. The molecule has 1 aliphatic rings. The molecule has 2 rings (SSSR count). The number of halogens is 4. The van der Waals surface area contributed by atoms with Gasteiger partial charge in [-0.3, -0.25) is 5.43 Å². The van der Waals surface area contributed by atoms with Gasteiger partial charge in [-0.1, -0.05) is 28.1 Å². The van der Waals surface area contributed by atoms with Gasteiger partial charge < -0.3 is 9.84 Å². The number of alkyl halides is 3. The molecule has 0 saturated heterocycles. The van der Waals surface area contributed by atoms with Crippen molar-refractivity contribution in [1.29, 1.82) is 0 Å². The van der Waals surface area contributed by atoms with E-state index in [4.69, 9.17) is 0 Å². The van der Waals surface area contributed by atoms with Gasteiger partial charge in [-0.25, -0.2) is 4.79 Å². The first kappa shape index (κ1) is 15.6. The number of aliphatic hydroxyl groups is 1. The number of nitrogens with one attached hydrogen (secondary N) is 1. The van der Waals surface area contributed by atoms with E-state index in [0.29, 0.717) is 11.6 Å². The first-order chi connectivity index (χ1) is 9.69. The fourth-order valence-electron chi connectivity index (χ4n) is 1.77. The minimum Gasteiger partial charge on any atom is -0.451 e. The first-order valence-corrected chi connectivity index (χ1v) is 6.41. The maximum absolute atomic E-state index is 13.1. The van der Waals surface area contributed by atoms with Crippen molar-refractivity contribution in [2.75, 3.05) is 7.11 Å². The topological polar surface area (TPSA) is 61.8 Å². The van der Waals surface area contributed by atoms with Gasteiger partial charge in [0.05, 0.1) is 12.8 Å². The number of carbonyl (C=O) groups excluding carboxylic acids is 1. The Labute approximate surface area is 126 Å². The van der Waals surface area contributed by atoms with Crippen LogP contribution < -0.4 is 5.43 Å². The van der Waals surface area contributed by atoms with Crippen molar-refractivity contribution in [3.05, 3.63) is 40.4 Å². The van der Waals surface area contributed by atoms with E-state index in [0.717, 1.165) is 11.6 Å². The molecule has 21 heavy (non-hydrogen) atoms. The van der Waals surface area contributed by atoms with E-state index in [1.807, 2.05) is 0 Å². The van der Waals surface area contributed by atoms with E-state index < -0.39 is 18.0 Å². The van der Waals surface area contributed by atoms with Crippen LogP contribution in [0, 0.1) is 0 Å². The second-order valence-electron chi connectivity index (χ2n) is 4.21. The number of hydrazine groups is 1. The largest absolute Gasteiger partial charge is 0.451 e. The molecule has 1 aliphatic heterocycles. The molecule has 0 aromatic heterocycles. The molecule has 9 heteroatoms. The molecule has 1 atom stereocenters. The van der Waals surface area contributed by atoms with Crippen LogP contribution in [-0.4, -0.2) is 35.2 Å². The van der Waals surface area contributed by atoms with E-state index in [9.17, 15) is 23.1 Å². The van der Waals surface area contributed by atoms with E-state index in [2.05, 4.69) is 26.1 Å². The zero-order chi connectivity index (χ0) is 15.8. The Morgan fingerprint density at radius 1 is 1.38 bits per heavy atom. The minimum absolute atomic E-state index is 0.00955. The highest BCUT2D eigenvalue weighted by Gasteiger charge is 2.62. The standard InChI is InChI=1S/C12H10BrF3N2O3/c1-21-10(19)18-11(20,12(14,15)16)6-9(17-18)7-2-4-8(13)5-3-7/h2-6,17,20H,1H3/t11-/m0/s1. The van der Waals surface area contributed by atoms with Crippen LogP contribution in [-0.2, 0) is 4.74 Å². The number of rotatable bonds is 1. The van der Waals surface area contributed by atoms with Gasteiger partial charge in [0, 0.05) is 10.5 Å². The van der Waals surface area contributed by atoms with Gasteiger partial charge >= 0.3 is 12.3 Å². The molecule has 0 saturated carbocycles. The smallest absolute Gasteiger partial charge is 0.442 e. The van der Waals surface area contributed by atoms with Gasteiger partial charge in [0.2, 0.25) is 0 Å². The number of hydrogen-bond acceptors (Lipinski definition) is 4. The van der Waals surface area contributed by atoms with Crippen LogP contribution in [0.2, 0.25) is 0 Å². The number of ether oxygens (including phenoxy) is 1. The molecule has 0 unspecified atom stereocenters. The Kier molecular flexibility index (Phi) is 3.89. The summed E-state index contributed by atoms with van der Waals surface area (Å²) < 4.78 is 44.1. The molecular weight excluding hydrogens is 357 g/mol. The molecule has 0 spiro atoms. The monoisotopic (exact) mass is 366 g/mol. The van der Waals surface area contributed by atoms with Gasteiger partial charge in [-0.15, -0.1) is 0 Å². The highest BCUT2D eigenvalue weighted by atomic mass is 79.9. The molecule has 0 aliphatic carbocycles. The summed E-state index contributed by atoms with van der Waals surface area (Å²) in [4.78, 5) is 11.4. The van der Waals surface area contributed by atoms with E-state index in [1.165, 1.54) is 12.1 Å². The Hall–Kier alpha value is -1.74. The Balaban J connectivity index is 2.44. The van der Waals surface area contributed by atoms with Crippen LogP contribution in [0.1, 0.15) is 5.56 Å². The van der Waals surface area contributed by atoms with Crippen LogP contribution >= 0.6 is 15.9 Å². The second kappa shape index (κ2) is 5.23. The van der Waals surface area contributed by atoms with Crippen molar-refractivity contribution in [3.63, 3.8) is 0 Å². The van der Waals surface area contributed by atoms with Crippen LogP contribution in [0.25, 0.3) is 5.70 Å². The molecule has 1 aromatic rings. The average molecular weight is 367 g/mol. The van der Waals surface area contributed by atoms with E-state index in [-0.39, 0.29) is 10.7 Å². The number of amides is 1. The second-order valence-corrected chi connectivity index (χ2v) is 5.12. The summed E-state index contributed by atoms with van der Waals surface area (Å²) in [6.45, 7) is 0. The lowest BCUT2D eigenvalue weighted by Gasteiger charge is -2.32. The third-order valence-electron chi connectivity index (χ3n) is 2.85. The van der Waals surface area contributed by atoms with Crippen LogP contribution in [0.3, 0.4) is 0 Å². The molecule has 114 valence electrons. The summed E-state index contributed by atoms with van der Waals surface area (Å²) in [7, 11) is 0.915. The fraction of sp³-hybridized carbons (Fsp3) is 0.250. The van der Waals surface area contributed by atoms with Crippen molar-refractivity contribution < 1.29 is 27.8 Å². The van der Waals surface area contributed by atoms with Crippen molar-refractivity contribution in [2.45, 2.75) is 11.9 Å². The lowest BCUT2D eigenvalue weighted by atomic mass is 10.1. The summed E-state index contributed by atoms with van der Waals surface area (Å²) >= 11 is 3.20. The number of carbonyl (C=O) groups is 1. The normalized spacial score (nSPS) is 21.8. The van der Waals surface area contributed by atoms with Gasteiger partial charge in [0.1, 0.15) is 0 Å². The number of hydrogen-bond donors (Lipinski definition) is 2. The zero-order valence-electron chi connectivity index (χ0n) is 10.6. The maximum Gasteiger partial charge on any atom is 0.442 e.